The molecular formula is C22H26N2O3. The minimum atomic E-state index is -0.170. The van der Waals surface area contributed by atoms with Gasteiger partial charge in [-0.15, -0.1) is 0 Å². The molecule has 2 aromatic rings. The van der Waals surface area contributed by atoms with Gasteiger partial charge in [-0.25, -0.2) is 0 Å². The van der Waals surface area contributed by atoms with E-state index in [1.54, 1.807) is 24.3 Å². The van der Waals surface area contributed by atoms with E-state index in [2.05, 4.69) is 10.2 Å². The summed E-state index contributed by atoms with van der Waals surface area (Å²) >= 11 is 0. The van der Waals surface area contributed by atoms with Crippen LogP contribution in [0.15, 0.2) is 54.6 Å². The molecule has 5 nitrogen and oxygen atoms in total. The number of ether oxygens (including phenoxy) is 1. The molecule has 0 saturated carbocycles. The molecule has 0 aliphatic carbocycles. The van der Waals surface area contributed by atoms with Crippen LogP contribution in [-0.2, 0) is 4.79 Å². The first kappa shape index (κ1) is 19.1. The van der Waals surface area contributed by atoms with Crippen molar-refractivity contribution >= 4 is 11.7 Å². The molecule has 0 bridgehead atoms. The van der Waals surface area contributed by atoms with Crippen LogP contribution in [-0.4, -0.2) is 42.8 Å². The Labute approximate surface area is 160 Å². The first-order valence-corrected chi connectivity index (χ1v) is 9.42. The molecule has 1 unspecified atom stereocenters. The zero-order valence-electron chi connectivity index (χ0n) is 15.7. The van der Waals surface area contributed by atoms with E-state index in [0.717, 1.165) is 25.2 Å². The number of ketones is 1. The fourth-order valence-electron chi connectivity index (χ4n) is 3.33. The van der Waals surface area contributed by atoms with Crippen molar-refractivity contribution in [3.05, 3.63) is 65.7 Å². The third kappa shape index (κ3) is 5.66. The maximum atomic E-state index is 12.5. The van der Waals surface area contributed by atoms with Crippen LogP contribution in [0.4, 0.5) is 0 Å². The monoisotopic (exact) mass is 366 g/mol. The summed E-state index contributed by atoms with van der Waals surface area (Å²) in [6.07, 6.45) is 2.43. The highest BCUT2D eigenvalue weighted by Crippen LogP contribution is 2.18. The van der Waals surface area contributed by atoms with E-state index in [4.69, 9.17) is 4.74 Å². The molecule has 1 aliphatic rings. The van der Waals surface area contributed by atoms with Gasteiger partial charge in [0.2, 0.25) is 0 Å². The second-order valence-electron chi connectivity index (χ2n) is 6.91. The molecule has 0 radical (unpaired) electrons. The number of hydrogen-bond acceptors (Lipinski definition) is 4. The van der Waals surface area contributed by atoms with Crippen LogP contribution in [0.3, 0.4) is 0 Å². The lowest BCUT2D eigenvalue weighted by Gasteiger charge is -2.25. The van der Waals surface area contributed by atoms with Gasteiger partial charge in [0.05, 0.1) is 6.04 Å². The average Bonchev–Trinajstić information content (AvgIpc) is 3.20. The lowest BCUT2D eigenvalue weighted by molar-refractivity contribution is -0.124. The number of amides is 1. The van der Waals surface area contributed by atoms with Crippen LogP contribution in [0, 0.1) is 0 Å². The maximum absolute atomic E-state index is 12.5. The molecule has 1 saturated heterocycles. The number of likely N-dealkylation sites (tertiary alicyclic amines) is 1. The predicted octanol–water partition coefficient (Wildman–Crippen LogP) is 3.22. The lowest BCUT2D eigenvalue weighted by Crippen LogP contribution is -2.39. The number of carbonyl (C=O) groups is 2. The van der Waals surface area contributed by atoms with E-state index >= 15 is 0 Å². The molecule has 1 N–H and O–H groups in total. The Morgan fingerprint density at radius 1 is 1.07 bits per heavy atom. The topological polar surface area (TPSA) is 58.6 Å². The highest BCUT2D eigenvalue weighted by molar-refractivity contribution is 5.94. The van der Waals surface area contributed by atoms with Gasteiger partial charge < -0.3 is 15.0 Å². The Morgan fingerprint density at radius 3 is 2.52 bits per heavy atom. The predicted molar refractivity (Wildman–Crippen MR) is 105 cm³/mol. The molecule has 1 aliphatic heterocycles. The van der Waals surface area contributed by atoms with Gasteiger partial charge in [0.1, 0.15) is 5.75 Å². The molecule has 5 heteroatoms. The van der Waals surface area contributed by atoms with Gasteiger partial charge in [0.15, 0.2) is 12.4 Å². The first-order valence-electron chi connectivity index (χ1n) is 9.42. The number of hydrogen-bond donors (Lipinski definition) is 1. The molecule has 3 rings (SSSR count). The largest absolute Gasteiger partial charge is 0.484 e. The summed E-state index contributed by atoms with van der Waals surface area (Å²) in [4.78, 5) is 26.3. The van der Waals surface area contributed by atoms with Crippen LogP contribution in [0.1, 0.15) is 41.7 Å². The summed E-state index contributed by atoms with van der Waals surface area (Å²) in [6.45, 7) is 4.38. The fraction of sp³-hybridized carbons (Fsp3) is 0.364. The minimum absolute atomic E-state index is 0.0281. The Kier molecular flexibility index (Phi) is 6.60. The van der Waals surface area contributed by atoms with E-state index in [0.29, 0.717) is 11.3 Å². The van der Waals surface area contributed by atoms with E-state index < -0.39 is 0 Å². The number of nitrogens with zero attached hydrogens (tertiary/aromatic N) is 1. The van der Waals surface area contributed by atoms with Gasteiger partial charge >= 0.3 is 0 Å². The van der Waals surface area contributed by atoms with Crippen LogP contribution >= 0.6 is 0 Å². The molecule has 0 aromatic heterocycles. The van der Waals surface area contributed by atoms with E-state index in [1.165, 1.54) is 19.8 Å². The van der Waals surface area contributed by atoms with Gasteiger partial charge in [0, 0.05) is 12.1 Å². The van der Waals surface area contributed by atoms with E-state index in [-0.39, 0.29) is 24.3 Å². The van der Waals surface area contributed by atoms with Crippen LogP contribution in [0.5, 0.6) is 5.75 Å². The smallest absolute Gasteiger partial charge is 0.258 e. The molecule has 1 fully saturated rings. The Hall–Kier alpha value is -2.66. The minimum Gasteiger partial charge on any atom is -0.484 e. The average molecular weight is 366 g/mol. The normalized spacial score (nSPS) is 15.3. The number of Topliss-reactive ketones (excluding diaryl/α,β-unsaturated/α-hetero) is 1. The highest BCUT2D eigenvalue weighted by Gasteiger charge is 2.20. The SMILES string of the molecule is CC(=O)c1cccc(OCC(=O)NC(CN2CCCC2)c2ccccc2)c1. The van der Waals surface area contributed by atoms with Crippen LogP contribution in [0.25, 0.3) is 0 Å². The van der Waals surface area contributed by atoms with E-state index in [1.807, 2.05) is 30.3 Å². The van der Waals surface area contributed by atoms with Crippen molar-refractivity contribution in [3.8, 4) is 5.75 Å². The van der Waals surface area contributed by atoms with Gasteiger partial charge in [-0.05, 0) is 50.6 Å². The second-order valence-corrected chi connectivity index (χ2v) is 6.91. The lowest BCUT2D eigenvalue weighted by atomic mass is 10.1. The summed E-state index contributed by atoms with van der Waals surface area (Å²) in [5, 5.41) is 3.10. The Bertz CT molecular complexity index is 770. The summed E-state index contributed by atoms with van der Waals surface area (Å²) in [5.74, 6) is 0.324. The van der Waals surface area contributed by atoms with Crippen molar-refractivity contribution in [2.24, 2.45) is 0 Å². The summed E-state index contributed by atoms with van der Waals surface area (Å²) in [6, 6.07) is 16.9. The molecule has 1 atom stereocenters. The Morgan fingerprint density at radius 2 is 1.81 bits per heavy atom. The quantitative estimate of drug-likeness (QED) is 0.729. The molecule has 27 heavy (non-hydrogen) atoms. The van der Waals surface area contributed by atoms with Crippen molar-refractivity contribution in [1.29, 1.82) is 0 Å². The van der Waals surface area contributed by atoms with Crippen molar-refractivity contribution in [2.75, 3.05) is 26.2 Å². The maximum Gasteiger partial charge on any atom is 0.258 e. The van der Waals surface area contributed by atoms with Crippen molar-refractivity contribution in [2.45, 2.75) is 25.8 Å². The van der Waals surface area contributed by atoms with Crippen molar-refractivity contribution in [3.63, 3.8) is 0 Å². The summed E-state index contributed by atoms with van der Waals surface area (Å²) in [7, 11) is 0. The summed E-state index contributed by atoms with van der Waals surface area (Å²) < 4.78 is 5.59. The third-order valence-corrected chi connectivity index (χ3v) is 4.79. The zero-order valence-corrected chi connectivity index (χ0v) is 15.7. The molecule has 1 amide bonds. The molecule has 142 valence electrons. The van der Waals surface area contributed by atoms with Crippen LogP contribution in [0.2, 0.25) is 0 Å². The molecular weight excluding hydrogens is 340 g/mol. The standard InChI is InChI=1S/C22H26N2O3/c1-17(25)19-10-7-11-20(14-19)27-16-22(26)23-21(15-24-12-5-6-13-24)18-8-3-2-4-9-18/h2-4,7-11,14,21H,5-6,12-13,15-16H2,1H3,(H,23,26). The molecule has 0 spiro atoms. The second kappa shape index (κ2) is 9.33. The number of carbonyl (C=O) groups excluding carboxylic acids is 2. The van der Waals surface area contributed by atoms with Gasteiger partial charge in [-0.2, -0.15) is 0 Å². The van der Waals surface area contributed by atoms with Crippen LogP contribution < -0.4 is 10.1 Å². The van der Waals surface area contributed by atoms with Gasteiger partial charge in [-0.3, -0.25) is 9.59 Å². The third-order valence-electron chi connectivity index (χ3n) is 4.79. The number of rotatable bonds is 8. The van der Waals surface area contributed by atoms with E-state index in [9.17, 15) is 9.59 Å². The Balaban J connectivity index is 1.60. The first-order chi connectivity index (χ1) is 13.1. The number of benzene rings is 2. The number of nitrogens with one attached hydrogen (secondary N) is 1. The fourth-order valence-corrected chi connectivity index (χ4v) is 3.33. The molecule has 2 aromatic carbocycles. The molecule has 1 heterocycles. The van der Waals surface area contributed by atoms with Gasteiger partial charge in [0.25, 0.3) is 5.91 Å². The van der Waals surface area contributed by atoms with Crippen molar-refractivity contribution in [1.82, 2.24) is 10.2 Å². The zero-order chi connectivity index (χ0) is 19.1. The van der Waals surface area contributed by atoms with Crippen molar-refractivity contribution < 1.29 is 14.3 Å². The highest BCUT2D eigenvalue weighted by atomic mass is 16.5. The summed E-state index contributed by atoms with van der Waals surface area (Å²) in [5.41, 5.74) is 1.67. The van der Waals surface area contributed by atoms with Gasteiger partial charge in [-0.1, -0.05) is 42.5 Å².